The number of aliphatic hydroxyl groups excluding tert-OH is 1. The lowest BCUT2D eigenvalue weighted by Gasteiger charge is -2.32. The minimum atomic E-state index is -1.10. The van der Waals surface area contributed by atoms with Crippen molar-refractivity contribution in [3.8, 4) is 10.6 Å². The minimum Gasteiger partial charge on any atom is -0.386 e. The van der Waals surface area contributed by atoms with Crippen molar-refractivity contribution in [2.24, 2.45) is 0 Å². The molecular formula is C21H24ClN5O4S. The first-order valence-corrected chi connectivity index (χ1v) is 11.6. The molecule has 5 heterocycles. The molecule has 0 saturated carbocycles. The van der Waals surface area contributed by atoms with Crippen molar-refractivity contribution in [3.63, 3.8) is 0 Å². The van der Waals surface area contributed by atoms with E-state index in [1.165, 1.54) is 11.3 Å². The molecule has 2 bridgehead atoms. The molecule has 2 saturated heterocycles. The van der Waals surface area contributed by atoms with Gasteiger partial charge in [0.2, 0.25) is 5.95 Å². The van der Waals surface area contributed by atoms with Crippen LogP contribution in [0.15, 0.2) is 6.20 Å². The highest BCUT2D eigenvalue weighted by atomic mass is 35.5. The second-order valence-corrected chi connectivity index (χ2v) is 10.2. The summed E-state index contributed by atoms with van der Waals surface area (Å²) in [5, 5.41) is 33.2. The first-order chi connectivity index (χ1) is 15.1. The summed E-state index contributed by atoms with van der Waals surface area (Å²) in [5.74, 6) is 0.367. The van der Waals surface area contributed by atoms with Crippen molar-refractivity contribution in [1.82, 2.24) is 20.2 Å². The molecule has 3 aromatic rings. The van der Waals surface area contributed by atoms with E-state index >= 15 is 0 Å². The van der Waals surface area contributed by atoms with Gasteiger partial charge in [0.1, 0.15) is 22.9 Å². The third-order valence-corrected chi connectivity index (χ3v) is 7.58. The number of ether oxygens (including phenoxy) is 2. The lowest BCUT2D eigenvalue weighted by atomic mass is 10.0. The number of thiophene rings is 1. The Labute approximate surface area is 193 Å². The highest BCUT2D eigenvalue weighted by Crippen LogP contribution is 2.42. The molecule has 2 fully saturated rings. The maximum atomic E-state index is 10.5. The molecule has 0 radical (unpaired) electrons. The van der Waals surface area contributed by atoms with Crippen molar-refractivity contribution in [1.29, 1.82) is 0 Å². The van der Waals surface area contributed by atoms with Gasteiger partial charge in [0.05, 0.1) is 45.2 Å². The molecule has 5 rings (SSSR count). The highest BCUT2D eigenvalue weighted by Gasteiger charge is 2.43. The Hall–Kier alpha value is -1.95. The smallest absolute Gasteiger partial charge is 0.223 e. The summed E-state index contributed by atoms with van der Waals surface area (Å²) >= 11 is 8.00. The molecule has 2 aliphatic rings. The molecule has 0 amide bonds. The summed E-state index contributed by atoms with van der Waals surface area (Å²) in [6.45, 7) is 7.74. The van der Waals surface area contributed by atoms with Crippen LogP contribution in [0, 0.1) is 13.8 Å². The van der Waals surface area contributed by atoms with Crippen molar-refractivity contribution >= 4 is 39.1 Å². The van der Waals surface area contributed by atoms with Crippen LogP contribution < -0.4 is 5.32 Å². The zero-order valence-electron chi connectivity index (χ0n) is 18.1. The van der Waals surface area contributed by atoms with E-state index in [1.54, 1.807) is 20.0 Å². The van der Waals surface area contributed by atoms with E-state index in [-0.39, 0.29) is 12.1 Å². The van der Waals surface area contributed by atoms with Crippen molar-refractivity contribution < 1.29 is 19.7 Å². The van der Waals surface area contributed by atoms with Crippen molar-refractivity contribution in [2.45, 2.75) is 64.3 Å². The van der Waals surface area contributed by atoms with Crippen LogP contribution in [0.3, 0.4) is 0 Å². The van der Waals surface area contributed by atoms with E-state index in [1.807, 2.05) is 13.8 Å². The second kappa shape index (κ2) is 7.82. The molecule has 4 atom stereocenters. The maximum absolute atomic E-state index is 10.5. The van der Waals surface area contributed by atoms with Crippen LogP contribution in [0.25, 0.3) is 20.8 Å². The van der Waals surface area contributed by atoms with Gasteiger partial charge in [-0.05, 0) is 45.2 Å². The van der Waals surface area contributed by atoms with Gasteiger partial charge in [0, 0.05) is 0 Å². The summed E-state index contributed by atoms with van der Waals surface area (Å²) < 4.78 is 12.0. The topological polar surface area (TPSA) is 123 Å². The molecule has 0 spiro atoms. The number of halogens is 1. The third kappa shape index (κ3) is 3.64. The van der Waals surface area contributed by atoms with Gasteiger partial charge >= 0.3 is 0 Å². The molecule has 2 aliphatic heterocycles. The van der Waals surface area contributed by atoms with Crippen LogP contribution in [0.1, 0.15) is 37.1 Å². The number of fused-ring (bicyclic) bond motifs is 3. The minimum absolute atomic E-state index is 0.0518. The van der Waals surface area contributed by atoms with Crippen LogP contribution in [-0.4, -0.2) is 61.5 Å². The SMILES string of the molecule is Cc1c(-c2nc(N[C@@H]3C[C@H]4CO[C@H](O4)[C@H]3O)ncc2Cl)sc2c(C)c(C(C)(C)O)nnc12. The van der Waals surface area contributed by atoms with E-state index in [0.717, 1.165) is 26.2 Å². The summed E-state index contributed by atoms with van der Waals surface area (Å²) in [6, 6.07) is -0.291. The summed E-state index contributed by atoms with van der Waals surface area (Å²) in [5.41, 5.74) is 2.57. The first-order valence-electron chi connectivity index (χ1n) is 10.4. The molecule has 170 valence electrons. The van der Waals surface area contributed by atoms with Crippen molar-refractivity contribution in [3.05, 3.63) is 28.0 Å². The van der Waals surface area contributed by atoms with Gasteiger partial charge in [0.15, 0.2) is 6.29 Å². The summed E-state index contributed by atoms with van der Waals surface area (Å²) in [6.07, 6.45) is 0.641. The molecule has 3 N–H and O–H groups in total. The predicted octanol–water partition coefficient (Wildman–Crippen LogP) is 2.93. The molecule has 3 aromatic heterocycles. The average molecular weight is 478 g/mol. The fraction of sp³-hybridized carbons (Fsp3) is 0.524. The summed E-state index contributed by atoms with van der Waals surface area (Å²) in [4.78, 5) is 9.83. The zero-order chi connectivity index (χ0) is 22.8. The molecule has 32 heavy (non-hydrogen) atoms. The van der Waals surface area contributed by atoms with E-state index < -0.39 is 18.0 Å². The Morgan fingerprint density at radius 1 is 1.25 bits per heavy atom. The average Bonchev–Trinajstić information content (AvgIpc) is 3.29. The zero-order valence-corrected chi connectivity index (χ0v) is 19.7. The van der Waals surface area contributed by atoms with Crippen LogP contribution in [0.4, 0.5) is 5.95 Å². The highest BCUT2D eigenvalue weighted by molar-refractivity contribution is 7.22. The van der Waals surface area contributed by atoms with Crippen LogP contribution in [0.2, 0.25) is 5.02 Å². The van der Waals surface area contributed by atoms with Crippen LogP contribution >= 0.6 is 22.9 Å². The predicted molar refractivity (Wildman–Crippen MR) is 121 cm³/mol. The molecular weight excluding hydrogens is 454 g/mol. The van der Waals surface area contributed by atoms with E-state index in [4.69, 9.17) is 21.1 Å². The van der Waals surface area contributed by atoms with Gasteiger partial charge in [-0.25, -0.2) is 9.97 Å². The number of aryl methyl sites for hydroxylation is 2. The fourth-order valence-electron chi connectivity index (χ4n) is 4.26. The van der Waals surface area contributed by atoms with Crippen molar-refractivity contribution in [2.75, 3.05) is 11.9 Å². The number of hydrogen-bond acceptors (Lipinski definition) is 10. The number of aliphatic hydroxyl groups is 2. The maximum Gasteiger partial charge on any atom is 0.223 e. The monoisotopic (exact) mass is 477 g/mol. The molecule has 0 aromatic carbocycles. The quantitative estimate of drug-likeness (QED) is 0.520. The van der Waals surface area contributed by atoms with Crippen LogP contribution in [-0.2, 0) is 15.1 Å². The molecule has 0 unspecified atom stereocenters. The number of anilines is 1. The largest absolute Gasteiger partial charge is 0.386 e. The standard InChI is InChI=1S/C21H24ClN5O4S/c1-8-13-17(9(2)18(27-26-13)21(3,4)29)32-16(8)14-11(22)6-23-20(25-14)24-12-5-10-7-30-19(31-10)15(12)28/h6,10,12,15,19,28-29H,5,7H2,1-4H3,(H,23,24,25)/t10-,12+,15-,19+/m0/s1. The second-order valence-electron chi connectivity index (χ2n) is 8.79. The van der Waals surface area contributed by atoms with Gasteiger partial charge in [-0.15, -0.1) is 16.4 Å². The van der Waals surface area contributed by atoms with Gasteiger partial charge < -0.3 is 25.0 Å². The van der Waals surface area contributed by atoms with Gasteiger partial charge in [-0.3, -0.25) is 0 Å². The van der Waals surface area contributed by atoms with E-state index in [0.29, 0.717) is 35.4 Å². The Morgan fingerprint density at radius 2 is 2.03 bits per heavy atom. The molecule has 9 nitrogen and oxygen atoms in total. The number of rotatable bonds is 4. The van der Waals surface area contributed by atoms with Gasteiger partial charge in [-0.2, -0.15) is 5.10 Å². The van der Waals surface area contributed by atoms with Crippen LogP contribution in [0.5, 0.6) is 0 Å². The number of aromatic nitrogens is 4. The number of nitrogens with one attached hydrogen (secondary N) is 1. The van der Waals surface area contributed by atoms with E-state index in [2.05, 4.69) is 25.5 Å². The molecule has 11 heteroatoms. The van der Waals surface area contributed by atoms with Gasteiger partial charge in [0.25, 0.3) is 0 Å². The fourth-order valence-corrected chi connectivity index (χ4v) is 5.75. The number of nitrogens with zero attached hydrogens (tertiary/aromatic N) is 4. The van der Waals surface area contributed by atoms with Gasteiger partial charge in [-0.1, -0.05) is 11.6 Å². The Morgan fingerprint density at radius 3 is 2.78 bits per heavy atom. The molecule has 0 aliphatic carbocycles. The van der Waals surface area contributed by atoms with E-state index in [9.17, 15) is 10.2 Å². The first kappa shape index (κ1) is 21.9. The Kier molecular flexibility index (Phi) is 5.35. The lowest BCUT2D eigenvalue weighted by molar-refractivity contribution is -0.156. The Balaban J connectivity index is 1.52. The number of hydrogen-bond donors (Lipinski definition) is 3. The lowest BCUT2D eigenvalue weighted by Crippen LogP contribution is -2.48. The third-order valence-electron chi connectivity index (χ3n) is 5.89. The normalized spacial score (nSPS) is 25.5. The Bertz CT molecular complexity index is 1200. The summed E-state index contributed by atoms with van der Waals surface area (Å²) in [7, 11) is 0.